The van der Waals surface area contributed by atoms with Gasteiger partial charge in [0.25, 0.3) is 0 Å². The van der Waals surface area contributed by atoms with Crippen LogP contribution in [-0.2, 0) is 6.54 Å². The van der Waals surface area contributed by atoms with Gasteiger partial charge in [0, 0.05) is 10.3 Å². The number of halogens is 1. The van der Waals surface area contributed by atoms with Gasteiger partial charge in [0.05, 0.1) is 6.54 Å². The lowest BCUT2D eigenvalue weighted by Gasteiger charge is -2.14. The minimum absolute atomic E-state index is 0.210. The Morgan fingerprint density at radius 3 is 2.48 bits per heavy atom. The number of aryl methyl sites for hydroxylation is 1. The molecule has 3 aromatic rings. The second-order valence-electron chi connectivity index (χ2n) is 5.38. The minimum Gasteiger partial charge on any atom is -0.302 e. The summed E-state index contributed by atoms with van der Waals surface area (Å²) in [6.07, 6.45) is 0. The molecule has 0 spiro atoms. The van der Waals surface area contributed by atoms with Crippen LogP contribution in [0.5, 0.6) is 0 Å². The van der Waals surface area contributed by atoms with E-state index >= 15 is 0 Å². The molecule has 118 valence electrons. The zero-order chi connectivity index (χ0) is 16.2. The molecule has 1 unspecified atom stereocenters. The van der Waals surface area contributed by atoms with E-state index in [2.05, 4.69) is 39.9 Å². The predicted octanol–water partition coefficient (Wildman–Crippen LogP) is 5.14. The van der Waals surface area contributed by atoms with Gasteiger partial charge in [-0.3, -0.25) is 0 Å². The Morgan fingerprint density at radius 2 is 1.74 bits per heavy atom. The Hall–Kier alpha value is -1.78. The van der Waals surface area contributed by atoms with Crippen LogP contribution >= 0.6 is 23.4 Å². The van der Waals surface area contributed by atoms with Gasteiger partial charge in [0.15, 0.2) is 5.16 Å². The zero-order valence-corrected chi connectivity index (χ0v) is 14.7. The highest BCUT2D eigenvalue weighted by Gasteiger charge is 2.16. The van der Waals surface area contributed by atoms with Crippen LogP contribution < -0.4 is 0 Å². The summed E-state index contributed by atoms with van der Waals surface area (Å²) in [4.78, 5) is 0. The molecule has 0 aliphatic carbocycles. The zero-order valence-electron chi connectivity index (χ0n) is 13.1. The Kier molecular flexibility index (Phi) is 5.03. The standard InChI is InChI=1S/C18H18ClN3S/c1-13(16-10-6-7-11-17(16)19)23-18-21-20-14(2)22(18)12-15-8-4-3-5-9-15/h3-11,13H,12H2,1-2H3. The molecular formula is C18H18ClN3S. The van der Waals surface area contributed by atoms with Crippen LogP contribution in [0.25, 0.3) is 0 Å². The topological polar surface area (TPSA) is 30.7 Å². The fourth-order valence-corrected chi connectivity index (χ4v) is 3.85. The van der Waals surface area contributed by atoms with Crippen molar-refractivity contribution in [3.63, 3.8) is 0 Å². The highest BCUT2D eigenvalue weighted by molar-refractivity contribution is 7.99. The maximum Gasteiger partial charge on any atom is 0.192 e. The molecule has 0 saturated carbocycles. The third-order valence-corrected chi connectivity index (χ3v) is 5.18. The molecule has 0 bridgehead atoms. The molecule has 1 aromatic heterocycles. The summed E-state index contributed by atoms with van der Waals surface area (Å²) in [5.41, 5.74) is 2.36. The molecule has 3 nitrogen and oxygen atoms in total. The average Bonchev–Trinajstić information content (AvgIpc) is 2.89. The van der Waals surface area contributed by atoms with Crippen LogP contribution in [0.2, 0.25) is 5.02 Å². The molecule has 0 aliphatic heterocycles. The van der Waals surface area contributed by atoms with Gasteiger partial charge >= 0.3 is 0 Å². The van der Waals surface area contributed by atoms with E-state index in [9.17, 15) is 0 Å². The SMILES string of the molecule is Cc1nnc(SC(C)c2ccccc2Cl)n1Cc1ccccc1. The summed E-state index contributed by atoms with van der Waals surface area (Å²) >= 11 is 7.99. The van der Waals surface area contributed by atoms with Crippen molar-refractivity contribution in [2.45, 2.75) is 30.8 Å². The molecule has 3 rings (SSSR count). The largest absolute Gasteiger partial charge is 0.302 e. The monoisotopic (exact) mass is 343 g/mol. The van der Waals surface area contributed by atoms with E-state index in [4.69, 9.17) is 11.6 Å². The molecule has 0 amide bonds. The fourth-order valence-electron chi connectivity index (χ4n) is 2.42. The smallest absolute Gasteiger partial charge is 0.192 e. The number of nitrogens with zero attached hydrogens (tertiary/aromatic N) is 3. The van der Waals surface area contributed by atoms with Crippen LogP contribution in [0.3, 0.4) is 0 Å². The molecule has 0 fully saturated rings. The van der Waals surface area contributed by atoms with Crippen molar-refractivity contribution in [3.8, 4) is 0 Å². The fraction of sp³-hybridized carbons (Fsp3) is 0.222. The molecule has 0 N–H and O–H groups in total. The van der Waals surface area contributed by atoms with E-state index in [0.29, 0.717) is 0 Å². The van der Waals surface area contributed by atoms with Gasteiger partial charge in [0.1, 0.15) is 5.82 Å². The summed E-state index contributed by atoms with van der Waals surface area (Å²) in [6, 6.07) is 18.3. The lowest BCUT2D eigenvalue weighted by molar-refractivity contribution is 0.686. The molecule has 2 aromatic carbocycles. The molecule has 5 heteroatoms. The Morgan fingerprint density at radius 1 is 1.04 bits per heavy atom. The molecular weight excluding hydrogens is 326 g/mol. The number of thioether (sulfide) groups is 1. The van der Waals surface area contributed by atoms with E-state index in [1.807, 2.05) is 43.3 Å². The van der Waals surface area contributed by atoms with Gasteiger partial charge in [-0.15, -0.1) is 10.2 Å². The Bertz CT molecular complexity index is 786. The first-order chi connectivity index (χ1) is 11.1. The van der Waals surface area contributed by atoms with E-state index in [1.165, 1.54) is 5.56 Å². The van der Waals surface area contributed by atoms with Gasteiger partial charge in [-0.1, -0.05) is 71.9 Å². The van der Waals surface area contributed by atoms with Crippen molar-refractivity contribution in [2.24, 2.45) is 0 Å². The molecule has 0 radical (unpaired) electrons. The van der Waals surface area contributed by atoms with Gasteiger partial charge < -0.3 is 4.57 Å². The highest BCUT2D eigenvalue weighted by Crippen LogP contribution is 2.37. The number of aromatic nitrogens is 3. The molecule has 0 saturated heterocycles. The van der Waals surface area contributed by atoms with Gasteiger partial charge in [-0.2, -0.15) is 0 Å². The van der Waals surface area contributed by atoms with Crippen molar-refractivity contribution >= 4 is 23.4 Å². The summed E-state index contributed by atoms with van der Waals surface area (Å²) in [5, 5.41) is 10.5. The summed E-state index contributed by atoms with van der Waals surface area (Å²) < 4.78 is 2.15. The predicted molar refractivity (Wildman–Crippen MR) is 96.0 cm³/mol. The van der Waals surface area contributed by atoms with Crippen molar-refractivity contribution in [2.75, 3.05) is 0 Å². The number of rotatable bonds is 5. The van der Waals surface area contributed by atoms with Crippen LogP contribution in [0.1, 0.15) is 29.1 Å². The van der Waals surface area contributed by atoms with Crippen molar-refractivity contribution in [1.29, 1.82) is 0 Å². The number of benzene rings is 2. The summed E-state index contributed by atoms with van der Waals surface area (Å²) in [5.74, 6) is 0.919. The van der Waals surface area contributed by atoms with Crippen LogP contribution in [-0.4, -0.2) is 14.8 Å². The molecule has 23 heavy (non-hydrogen) atoms. The first kappa shape index (κ1) is 16.1. The van der Waals surface area contributed by atoms with Crippen molar-refractivity contribution in [1.82, 2.24) is 14.8 Å². The number of hydrogen-bond donors (Lipinski definition) is 0. The second-order valence-corrected chi connectivity index (χ2v) is 7.10. The minimum atomic E-state index is 0.210. The average molecular weight is 344 g/mol. The summed E-state index contributed by atoms with van der Waals surface area (Å²) in [6.45, 7) is 4.90. The summed E-state index contributed by atoms with van der Waals surface area (Å²) in [7, 11) is 0. The van der Waals surface area contributed by atoms with Gasteiger partial charge in [-0.25, -0.2) is 0 Å². The van der Waals surface area contributed by atoms with Gasteiger partial charge in [-0.05, 0) is 31.0 Å². The lowest BCUT2D eigenvalue weighted by atomic mass is 10.2. The van der Waals surface area contributed by atoms with Crippen molar-refractivity contribution in [3.05, 3.63) is 76.6 Å². The quantitative estimate of drug-likeness (QED) is 0.601. The first-order valence-electron chi connectivity index (χ1n) is 7.50. The van der Waals surface area contributed by atoms with Gasteiger partial charge in [0.2, 0.25) is 0 Å². The van der Waals surface area contributed by atoms with E-state index in [1.54, 1.807) is 11.8 Å². The lowest BCUT2D eigenvalue weighted by Crippen LogP contribution is -2.04. The van der Waals surface area contributed by atoms with Crippen LogP contribution in [0.15, 0.2) is 59.8 Å². The normalized spacial score (nSPS) is 12.3. The molecule has 1 heterocycles. The highest BCUT2D eigenvalue weighted by atomic mass is 35.5. The first-order valence-corrected chi connectivity index (χ1v) is 8.75. The van der Waals surface area contributed by atoms with Crippen molar-refractivity contribution < 1.29 is 0 Å². The Labute approximate surface area is 145 Å². The maximum atomic E-state index is 6.30. The van der Waals surface area contributed by atoms with E-state index in [-0.39, 0.29) is 5.25 Å². The van der Waals surface area contributed by atoms with Crippen LogP contribution in [0, 0.1) is 6.92 Å². The molecule has 0 aliphatic rings. The number of hydrogen-bond acceptors (Lipinski definition) is 3. The van der Waals surface area contributed by atoms with Crippen LogP contribution in [0.4, 0.5) is 0 Å². The Balaban J connectivity index is 1.83. The van der Waals surface area contributed by atoms with E-state index < -0.39 is 0 Å². The maximum absolute atomic E-state index is 6.30. The second kappa shape index (κ2) is 7.20. The molecule has 1 atom stereocenters. The third-order valence-electron chi connectivity index (χ3n) is 3.71. The van der Waals surface area contributed by atoms with E-state index in [0.717, 1.165) is 28.1 Å². The third kappa shape index (κ3) is 3.77.